The maximum atomic E-state index is 9.98. The molecule has 0 aliphatic heterocycles. The smallest absolute Gasteiger partial charge is 0.547 e. The Morgan fingerprint density at radius 3 is 1.00 bits per heavy atom. The molecule has 0 aliphatic rings. The summed E-state index contributed by atoms with van der Waals surface area (Å²) in [5.41, 5.74) is 4.57. The topological polar surface area (TPSA) is 346 Å². The van der Waals surface area contributed by atoms with Crippen LogP contribution in [-0.2, 0) is 33.9 Å². The van der Waals surface area contributed by atoms with E-state index in [1.807, 2.05) is 0 Å². The van der Waals surface area contributed by atoms with Crippen LogP contribution in [0.2, 0.25) is 0 Å². The minimum Gasteiger partial charge on any atom is -0.547 e. The fraction of sp³-hybridized carbons (Fsp3) is 0.786. The molecule has 0 saturated heterocycles. The third-order valence-corrected chi connectivity index (χ3v) is 3.17. The van der Waals surface area contributed by atoms with E-state index in [0.717, 1.165) is 0 Å². The van der Waals surface area contributed by atoms with E-state index in [4.69, 9.17) is 56.2 Å². The number of hydrogen-bond donors (Lipinski definition) is 12. The summed E-state index contributed by atoms with van der Waals surface area (Å²) in [5, 5.41) is 114. The summed E-state index contributed by atoms with van der Waals surface area (Å²) in [6.45, 7) is -2.00. The maximum absolute atomic E-state index is 9.98. The van der Waals surface area contributed by atoms with E-state index >= 15 is 0 Å². The van der Waals surface area contributed by atoms with Gasteiger partial charge in [0.2, 0.25) is 0 Å². The molecule has 8 unspecified atom stereocenters. The summed E-state index contributed by atoms with van der Waals surface area (Å²) in [6, 6.07) is 0. The molecule has 0 rings (SSSR count). The Kier molecular flexibility index (Phi) is 23.9. The molecule has 0 amide bonds. The van der Waals surface area contributed by atoms with Crippen LogP contribution in [0, 0.1) is 0 Å². The molecule has 32 heavy (non-hydrogen) atoms. The summed E-state index contributed by atoms with van der Waals surface area (Å²) in [6.07, 6.45) is -16.2. The van der Waals surface area contributed by atoms with Gasteiger partial charge in [-0.1, -0.05) is 0 Å². The van der Waals surface area contributed by atoms with Gasteiger partial charge in [0.1, 0.15) is 48.8 Å². The van der Waals surface area contributed by atoms with Gasteiger partial charge in [0.25, 0.3) is 0 Å². The van der Waals surface area contributed by atoms with Crippen molar-refractivity contribution in [1.29, 1.82) is 0 Å². The Morgan fingerprint density at radius 1 is 0.656 bits per heavy atom. The summed E-state index contributed by atoms with van der Waals surface area (Å²) < 4.78 is 0. The second-order valence-corrected chi connectivity index (χ2v) is 5.59. The van der Waals surface area contributed by atoms with Gasteiger partial charge < -0.3 is 81.7 Å². The van der Waals surface area contributed by atoms with E-state index in [1.54, 1.807) is 0 Å². The van der Waals surface area contributed by atoms with E-state index < -0.39 is 80.0 Å². The molecule has 0 fully saturated rings. The third kappa shape index (κ3) is 16.3. The van der Waals surface area contributed by atoms with Crippen LogP contribution in [0.1, 0.15) is 0 Å². The molecule has 13 N–H and O–H groups in total. The van der Waals surface area contributed by atoms with Crippen LogP contribution >= 0.6 is 0 Å². The Hall–Kier alpha value is -1.41. The summed E-state index contributed by atoms with van der Waals surface area (Å²) in [7, 11) is 0. The third-order valence-electron chi connectivity index (χ3n) is 3.17. The number of nitrogens with two attached hydrogens (primary N) is 1. The molecule has 0 saturated carbocycles. The van der Waals surface area contributed by atoms with E-state index in [9.17, 15) is 24.6 Å². The minimum atomic E-state index is -2.31. The van der Waals surface area contributed by atoms with Crippen LogP contribution in [-0.4, -0.2) is 143 Å². The first kappa shape index (κ1) is 37.9. The monoisotopic (exact) mass is 529 g/mol. The zero-order chi connectivity index (χ0) is 25.5. The fourth-order valence-corrected chi connectivity index (χ4v) is 1.32. The number of carbonyl (C=O) groups excluding carboxylic acids is 2. The van der Waals surface area contributed by atoms with Crippen molar-refractivity contribution in [3.8, 4) is 0 Å². The van der Waals surface area contributed by atoms with Gasteiger partial charge in [0.15, 0.2) is 0 Å². The van der Waals surface area contributed by atoms with E-state index in [0.29, 0.717) is 0 Å². The van der Waals surface area contributed by atoms with Crippen LogP contribution in [0.4, 0.5) is 0 Å². The van der Waals surface area contributed by atoms with Crippen molar-refractivity contribution in [2.75, 3.05) is 19.8 Å². The number of aliphatic carboxylic acids is 3. The van der Waals surface area contributed by atoms with Gasteiger partial charge in [-0.15, -0.1) is 0 Å². The Labute approximate surface area is 193 Å². The van der Waals surface area contributed by atoms with Crippen molar-refractivity contribution >= 4 is 17.9 Å². The van der Waals surface area contributed by atoms with Crippen molar-refractivity contribution < 1.29 is 100 Å². The molecule has 0 aromatic carbocycles. The molecule has 0 bridgehead atoms. The second-order valence-electron chi connectivity index (χ2n) is 5.59. The van der Waals surface area contributed by atoms with Gasteiger partial charge in [0.05, 0.1) is 31.7 Å². The van der Waals surface area contributed by atoms with Gasteiger partial charge in [-0.3, -0.25) is 4.79 Å². The SMILES string of the molecule is NCC(=O)O.O=C([O-])C(O)C(O)C(O)C(O)CO.O=C([O-])C(O)C(O)C(O)C(O)CO.[Zn+2]. The number of hydrogen-bond acceptors (Lipinski definition) is 16. The normalized spacial score (nSPS) is 17.7. The summed E-state index contributed by atoms with van der Waals surface area (Å²) in [4.78, 5) is 29.2. The first-order valence-corrected chi connectivity index (χ1v) is 8.10. The summed E-state index contributed by atoms with van der Waals surface area (Å²) >= 11 is 0. The van der Waals surface area contributed by atoms with Crippen LogP contribution in [0.5, 0.6) is 0 Å². The Morgan fingerprint density at radius 2 is 0.875 bits per heavy atom. The number of carboxylic acid groups (broad SMARTS) is 3. The van der Waals surface area contributed by atoms with Gasteiger partial charge in [0, 0.05) is 0 Å². The molecule has 17 nitrogen and oxygen atoms in total. The van der Waals surface area contributed by atoms with Crippen molar-refractivity contribution in [3.63, 3.8) is 0 Å². The van der Waals surface area contributed by atoms with E-state index in [1.165, 1.54) is 0 Å². The number of carboxylic acids is 3. The Balaban J connectivity index is -0.000000198. The molecular weight excluding hydrogens is 504 g/mol. The average molecular weight is 531 g/mol. The molecule has 186 valence electrons. The molecule has 18 heteroatoms. The van der Waals surface area contributed by atoms with Gasteiger partial charge in [-0.05, 0) is 0 Å². The predicted molar refractivity (Wildman–Crippen MR) is 88.9 cm³/mol. The molecule has 0 aliphatic carbocycles. The molecule has 0 aromatic heterocycles. The first-order valence-electron chi connectivity index (χ1n) is 8.10. The zero-order valence-corrected chi connectivity index (χ0v) is 19.5. The van der Waals surface area contributed by atoms with Crippen LogP contribution < -0.4 is 15.9 Å². The van der Waals surface area contributed by atoms with Crippen molar-refractivity contribution in [3.05, 3.63) is 0 Å². The van der Waals surface area contributed by atoms with Crippen LogP contribution in [0.3, 0.4) is 0 Å². The molecule has 0 spiro atoms. The Bertz CT molecular complexity index is 487. The minimum absolute atomic E-state index is 0. The summed E-state index contributed by atoms with van der Waals surface area (Å²) in [5.74, 6) is -4.92. The molecule has 0 heterocycles. The van der Waals surface area contributed by atoms with Crippen molar-refractivity contribution in [2.24, 2.45) is 5.73 Å². The van der Waals surface area contributed by atoms with Gasteiger partial charge in [-0.25, -0.2) is 0 Å². The van der Waals surface area contributed by atoms with E-state index in [-0.39, 0.29) is 26.0 Å². The number of aliphatic hydroxyl groups is 10. The second kappa shape index (κ2) is 20.2. The number of carbonyl (C=O) groups is 3. The van der Waals surface area contributed by atoms with Crippen molar-refractivity contribution in [1.82, 2.24) is 0 Å². The first-order chi connectivity index (χ1) is 14.1. The zero-order valence-electron chi connectivity index (χ0n) is 16.5. The van der Waals surface area contributed by atoms with Crippen LogP contribution in [0.25, 0.3) is 0 Å². The largest absolute Gasteiger partial charge is 2.00 e. The molecule has 8 atom stereocenters. The maximum Gasteiger partial charge on any atom is 2.00 e. The number of rotatable bonds is 11. The van der Waals surface area contributed by atoms with Gasteiger partial charge >= 0.3 is 25.4 Å². The number of aliphatic hydroxyl groups excluding tert-OH is 10. The fourth-order valence-electron chi connectivity index (χ4n) is 1.32. The molecule has 0 aromatic rings. The van der Waals surface area contributed by atoms with E-state index in [2.05, 4.69) is 5.73 Å². The van der Waals surface area contributed by atoms with Crippen LogP contribution in [0.15, 0.2) is 0 Å². The average Bonchev–Trinajstić information content (AvgIpc) is 2.75. The van der Waals surface area contributed by atoms with Crippen molar-refractivity contribution in [2.45, 2.75) is 48.8 Å². The predicted octanol–water partition coefficient (Wildman–Crippen LogP) is -10.6. The molecular formula is C14H27NO16Zn. The molecule has 0 radical (unpaired) electrons. The standard InChI is InChI=1S/2C6H12O7.C2H5NO2.Zn/c2*7-1-2(8)3(9)4(10)5(11)6(12)13;3-1-2(4)5;/h2*2-5,7-11H,1H2,(H,12,13);1,3H2,(H,4,5);/q;;;+2/p-2. The van der Waals surface area contributed by atoms with Gasteiger partial charge in [-0.2, -0.15) is 0 Å². The quantitative estimate of drug-likeness (QED) is 0.110.